The summed E-state index contributed by atoms with van der Waals surface area (Å²) in [6.07, 6.45) is 0.667. The standard InChI is InChI=1S/C11H9NO2/c1-7-3-9(6-13)4-10(8(2)14)11(7)5-12/h3-4,6H,1-2H3. The Kier molecular flexibility index (Phi) is 2.78. The van der Waals surface area contributed by atoms with Gasteiger partial charge in [-0.2, -0.15) is 5.26 Å². The summed E-state index contributed by atoms with van der Waals surface area (Å²) in [7, 11) is 0. The van der Waals surface area contributed by atoms with Crippen LogP contribution >= 0.6 is 0 Å². The third kappa shape index (κ3) is 1.69. The van der Waals surface area contributed by atoms with Crippen molar-refractivity contribution in [2.75, 3.05) is 0 Å². The SMILES string of the molecule is CC(=O)c1cc(C=O)cc(C)c1C#N. The van der Waals surface area contributed by atoms with Crippen LogP contribution in [0.3, 0.4) is 0 Å². The molecule has 0 saturated heterocycles. The van der Waals surface area contributed by atoms with E-state index in [-0.39, 0.29) is 5.78 Å². The van der Waals surface area contributed by atoms with Gasteiger partial charge in [0.1, 0.15) is 12.4 Å². The molecular weight excluding hydrogens is 178 g/mol. The van der Waals surface area contributed by atoms with Crippen LogP contribution in [0.4, 0.5) is 0 Å². The lowest BCUT2D eigenvalue weighted by Gasteiger charge is -2.04. The molecular formula is C11H9NO2. The Bertz CT molecular complexity index is 441. The van der Waals surface area contributed by atoms with Gasteiger partial charge in [0, 0.05) is 11.1 Å². The second kappa shape index (κ2) is 3.84. The molecule has 0 bridgehead atoms. The van der Waals surface area contributed by atoms with Crippen molar-refractivity contribution in [1.29, 1.82) is 5.26 Å². The molecule has 70 valence electrons. The smallest absolute Gasteiger partial charge is 0.161 e. The summed E-state index contributed by atoms with van der Waals surface area (Å²) >= 11 is 0. The molecule has 0 radical (unpaired) electrons. The van der Waals surface area contributed by atoms with Crippen molar-refractivity contribution >= 4 is 12.1 Å². The maximum absolute atomic E-state index is 11.2. The van der Waals surface area contributed by atoms with Crippen molar-refractivity contribution in [3.8, 4) is 6.07 Å². The number of hydrogen-bond donors (Lipinski definition) is 0. The molecule has 14 heavy (non-hydrogen) atoms. The van der Waals surface area contributed by atoms with E-state index < -0.39 is 0 Å². The van der Waals surface area contributed by atoms with E-state index in [0.29, 0.717) is 28.5 Å². The summed E-state index contributed by atoms with van der Waals surface area (Å²) in [5, 5.41) is 8.82. The second-order valence-corrected chi connectivity index (χ2v) is 3.05. The lowest BCUT2D eigenvalue weighted by Crippen LogP contribution is -2.01. The largest absolute Gasteiger partial charge is 0.298 e. The van der Waals surface area contributed by atoms with Crippen LogP contribution in [0.15, 0.2) is 12.1 Å². The first-order chi connectivity index (χ1) is 6.60. The highest BCUT2D eigenvalue weighted by molar-refractivity contribution is 5.98. The predicted octanol–water partition coefficient (Wildman–Crippen LogP) is 1.88. The van der Waals surface area contributed by atoms with Crippen LogP contribution in [0, 0.1) is 18.3 Å². The van der Waals surface area contributed by atoms with Crippen LogP contribution in [0.5, 0.6) is 0 Å². The number of rotatable bonds is 2. The number of carbonyl (C=O) groups excluding carboxylic acids is 2. The number of benzene rings is 1. The Hall–Kier alpha value is -1.95. The number of nitriles is 1. The fourth-order valence-corrected chi connectivity index (χ4v) is 1.31. The maximum atomic E-state index is 11.2. The molecule has 0 atom stereocenters. The monoisotopic (exact) mass is 187 g/mol. The first-order valence-electron chi connectivity index (χ1n) is 4.11. The lowest BCUT2D eigenvalue weighted by molar-refractivity contribution is 0.101. The maximum Gasteiger partial charge on any atom is 0.161 e. The van der Waals surface area contributed by atoms with Crippen molar-refractivity contribution in [2.45, 2.75) is 13.8 Å². The molecule has 1 rings (SSSR count). The molecule has 0 amide bonds. The zero-order valence-corrected chi connectivity index (χ0v) is 8.00. The fourth-order valence-electron chi connectivity index (χ4n) is 1.31. The molecule has 3 nitrogen and oxygen atoms in total. The number of aryl methyl sites for hydroxylation is 1. The van der Waals surface area contributed by atoms with Crippen LogP contribution in [0.2, 0.25) is 0 Å². The van der Waals surface area contributed by atoms with Gasteiger partial charge in [-0.15, -0.1) is 0 Å². The Morgan fingerprint density at radius 1 is 1.50 bits per heavy atom. The minimum absolute atomic E-state index is 0.201. The van der Waals surface area contributed by atoms with Crippen LogP contribution in [0.1, 0.15) is 38.8 Å². The van der Waals surface area contributed by atoms with Gasteiger partial charge in [-0.1, -0.05) is 0 Å². The molecule has 1 aromatic carbocycles. The van der Waals surface area contributed by atoms with Gasteiger partial charge in [0.25, 0.3) is 0 Å². The summed E-state index contributed by atoms with van der Waals surface area (Å²) in [5.41, 5.74) is 1.74. The minimum Gasteiger partial charge on any atom is -0.298 e. The average Bonchev–Trinajstić information content (AvgIpc) is 2.16. The van der Waals surface area contributed by atoms with E-state index >= 15 is 0 Å². The Morgan fingerprint density at radius 2 is 2.14 bits per heavy atom. The highest BCUT2D eigenvalue weighted by atomic mass is 16.1. The molecule has 0 saturated carbocycles. The van der Waals surface area contributed by atoms with Gasteiger partial charge in [0.2, 0.25) is 0 Å². The van der Waals surface area contributed by atoms with E-state index in [0.717, 1.165) is 0 Å². The molecule has 1 aromatic rings. The van der Waals surface area contributed by atoms with E-state index in [1.165, 1.54) is 13.0 Å². The number of nitrogens with zero attached hydrogens (tertiary/aromatic N) is 1. The zero-order chi connectivity index (χ0) is 10.7. The third-order valence-electron chi connectivity index (χ3n) is 1.99. The molecule has 0 N–H and O–H groups in total. The molecule has 3 heteroatoms. The number of carbonyl (C=O) groups is 2. The highest BCUT2D eigenvalue weighted by Gasteiger charge is 2.10. The molecule has 0 spiro atoms. The quantitative estimate of drug-likeness (QED) is 0.524. The zero-order valence-electron chi connectivity index (χ0n) is 8.00. The van der Waals surface area contributed by atoms with Gasteiger partial charge in [-0.25, -0.2) is 0 Å². The average molecular weight is 187 g/mol. The fraction of sp³-hybridized carbons (Fsp3) is 0.182. The summed E-state index contributed by atoms with van der Waals surface area (Å²) in [5.74, 6) is -0.201. The van der Waals surface area contributed by atoms with Gasteiger partial charge >= 0.3 is 0 Å². The van der Waals surface area contributed by atoms with Gasteiger partial charge < -0.3 is 0 Å². The van der Waals surface area contributed by atoms with Gasteiger partial charge in [0.05, 0.1) is 5.56 Å². The minimum atomic E-state index is -0.201. The van der Waals surface area contributed by atoms with Gasteiger partial charge in [0.15, 0.2) is 5.78 Å². The van der Waals surface area contributed by atoms with Crippen LogP contribution < -0.4 is 0 Å². The lowest BCUT2D eigenvalue weighted by atomic mass is 9.97. The summed E-state index contributed by atoms with van der Waals surface area (Å²) in [4.78, 5) is 21.7. The van der Waals surface area contributed by atoms with Gasteiger partial charge in [-0.3, -0.25) is 9.59 Å². The van der Waals surface area contributed by atoms with Crippen LogP contribution in [-0.2, 0) is 0 Å². The van der Waals surface area contributed by atoms with Crippen LogP contribution in [0.25, 0.3) is 0 Å². The van der Waals surface area contributed by atoms with Crippen molar-refractivity contribution in [3.05, 3.63) is 34.4 Å². The molecule has 0 unspecified atom stereocenters. The first kappa shape index (κ1) is 10.1. The van der Waals surface area contributed by atoms with E-state index in [1.54, 1.807) is 13.0 Å². The number of aldehydes is 1. The normalized spacial score (nSPS) is 9.21. The van der Waals surface area contributed by atoms with Crippen LogP contribution in [-0.4, -0.2) is 12.1 Å². The predicted molar refractivity (Wildman–Crippen MR) is 51.3 cm³/mol. The number of ketones is 1. The van der Waals surface area contributed by atoms with E-state index in [4.69, 9.17) is 5.26 Å². The first-order valence-corrected chi connectivity index (χ1v) is 4.11. The van der Waals surface area contributed by atoms with E-state index in [1.807, 2.05) is 6.07 Å². The molecule has 0 aliphatic carbocycles. The summed E-state index contributed by atoms with van der Waals surface area (Å²) < 4.78 is 0. The molecule has 0 fully saturated rings. The molecule has 0 aliphatic heterocycles. The van der Waals surface area contributed by atoms with Crippen molar-refractivity contribution < 1.29 is 9.59 Å². The number of Topliss-reactive ketones (excluding diaryl/α,β-unsaturated/α-hetero) is 1. The van der Waals surface area contributed by atoms with Crippen molar-refractivity contribution in [3.63, 3.8) is 0 Å². The molecule has 0 aliphatic rings. The summed E-state index contributed by atoms with van der Waals surface area (Å²) in [6, 6.07) is 5.00. The van der Waals surface area contributed by atoms with Crippen molar-refractivity contribution in [2.24, 2.45) is 0 Å². The topological polar surface area (TPSA) is 57.9 Å². The van der Waals surface area contributed by atoms with E-state index in [2.05, 4.69) is 0 Å². The molecule has 0 heterocycles. The van der Waals surface area contributed by atoms with Crippen molar-refractivity contribution in [1.82, 2.24) is 0 Å². The Morgan fingerprint density at radius 3 is 2.57 bits per heavy atom. The summed E-state index contributed by atoms with van der Waals surface area (Å²) in [6.45, 7) is 3.09. The second-order valence-electron chi connectivity index (χ2n) is 3.05. The number of hydrogen-bond acceptors (Lipinski definition) is 3. The Labute approximate surface area is 82.0 Å². The third-order valence-corrected chi connectivity index (χ3v) is 1.99. The Balaban J connectivity index is 3.53. The molecule has 0 aromatic heterocycles. The highest BCUT2D eigenvalue weighted by Crippen LogP contribution is 2.16. The van der Waals surface area contributed by atoms with Gasteiger partial charge in [-0.05, 0) is 31.5 Å². The van der Waals surface area contributed by atoms with E-state index in [9.17, 15) is 9.59 Å².